The summed E-state index contributed by atoms with van der Waals surface area (Å²) < 4.78 is 10.8. The fourth-order valence-corrected chi connectivity index (χ4v) is 3.32. The first-order chi connectivity index (χ1) is 10.3. The molecule has 112 valence electrons. The number of methoxy groups -OCH3 is 1. The maximum Gasteiger partial charge on any atom is 0.128 e. The van der Waals surface area contributed by atoms with Crippen LogP contribution in [-0.2, 0) is 11.3 Å². The molecule has 4 nitrogen and oxygen atoms in total. The van der Waals surface area contributed by atoms with Crippen LogP contribution in [0.25, 0.3) is 11.3 Å². The molecule has 2 heterocycles. The van der Waals surface area contributed by atoms with Gasteiger partial charge in [0.15, 0.2) is 0 Å². The summed E-state index contributed by atoms with van der Waals surface area (Å²) in [5.41, 5.74) is 3.29. The molecule has 1 aromatic heterocycles. The first-order valence-corrected chi connectivity index (χ1v) is 8.04. The number of aryl methyl sites for hydroxylation is 1. The Balaban J connectivity index is 1.79. The first kappa shape index (κ1) is 14.5. The molecule has 0 saturated carbocycles. The van der Waals surface area contributed by atoms with Crippen molar-refractivity contribution < 1.29 is 9.47 Å². The van der Waals surface area contributed by atoms with Crippen molar-refractivity contribution in [2.45, 2.75) is 13.5 Å². The highest BCUT2D eigenvalue weighted by atomic mass is 32.1. The van der Waals surface area contributed by atoms with E-state index >= 15 is 0 Å². The highest BCUT2D eigenvalue weighted by Crippen LogP contribution is 2.31. The summed E-state index contributed by atoms with van der Waals surface area (Å²) in [6, 6.07) is 6.20. The van der Waals surface area contributed by atoms with Crippen LogP contribution in [0.5, 0.6) is 5.75 Å². The summed E-state index contributed by atoms with van der Waals surface area (Å²) in [7, 11) is 1.70. The number of aromatic nitrogens is 1. The SMILES string of the molecule is COc1ccc(C)cc1-c1csc(CN2CCOCC2)n1. The maximum absolute atomic E-state index is 5.45. The van der Waals surface area contributed by atoms with Crippen molar-refractivity contribution in [2.75, 3.05) is 33.4 Å². The van der Waals surface area contributed by atoms with Crippen molar-refractivity contribution in [1.29, 1.82) is 0 Å². The number of thiazole rings is 1. The predicted octanol–water partition coefficient (Wildman–Crippen LogP) is 2.96. The summed E-state index contributed by atoms with van der Waals surface area (Å²) in [5, 5.41) is 3.27. The van der Waals surface area contributed by atoms with E-state index in [4.69, 9.17) is 14.5 Å². The Morgan fingerprint density at radius 3 is 2.90 bits per heavy atom. The second kappa shape index (κ2) is 6.56. The fourth-order valence-electron chi connectivity index (χ4n) is 2.48. The van der Waals surface area contributed by atoms with Crippen molar-refractivity contribution in [3.05, 3.63) is 34.2 Å². The predicted molar refractivity (Wildman–Crippen MR) is 84.9 cm³/mol. The molecule has 0 radical (unpaired) electrons. The number of ether oxygens (including phenoxy) is 2. The van der Waals surface area contributed by atoms with Crippen LogP contribution in [-0.4, -0.2) is 43.3 Å². The van der Waals surface area contributed by atoms with Gasteiger partial charge in [-0.25, -0.2) is 4.98 Å². The van der Waals surface area contributed by atoms with Crippen molar-refractivity contribution in [2.24, 2.45) is 0 Å². The number of hydrogen-bond acceptors (Lipinski definition) is 5. The first-order valence-electron chi connectivity index (χ1n) is 7.16. The third kappa shape index (κ3) is 3.43. The molecule has 0 atom stereocenters. The second-order valence-electron chi connectivity index (χ2n) is 5.22. The molecule has 0 spiro atoms. The van der Waals surface area contributed by atoms with E-state index in [1.54, 1.807) is 18.4 Å². The Bertz CT molecular complexity index is 606. The zero-order chi connectivity index (χ0) is 14.7. The molecule has 5 heteroatoms. The molecule has 1 aliphatic rings. The van der Waals surface area contributed by atoms with E-state index in [1.807, 2.05) is 6.07 Å². The Morgan fingerprint density at radius 1 is 1.33 bits per heavy atom. The van der Waals surface area contributed by atoms with Crippen LogP contribution in [0.3, 0.4) is 0 Å². The summed E-state index contributed by atoms with van der Waals surface area (Å²) in [5.74, 6) is 0.879. The summed E-state index contributed by atoms with van der Waals surface area (Å²) in [6.45, 7) is 6.62. The van der Waals surface area contributed by atoms with E-state index in [0.29, 0.717) is 0 Å². The third-order valence-electron chi connectivity index (χ3n) is 3.65. The highest BCUT2D eigenvalue weighted by molar-refractivity contribution is 7.09. The molecular formula is C16H20N2O2S. The van der Waals surface area contributed by atoms with Gasteiger partial charge in [0.25, 0.3) is 0 Å². The lowest BCUT2D eigenvalue weighted by Crippen LogP contribution is -2.35. The minimum absolute atomic E-state index is 0.823. The van der Waals surface area contributed by atoms with Gasteiger partial charge in [-0.3, -0.25) is 4.90 Å². The van der Waals surface area contributed by atoms with E-state index in [0.717, 1.165) is 54.9 Å². The zero-order valence-electron chi connectivity index (χ0n) is 12.5. The zero-order valence-corrected chi connectivity index (χ0v) is 13.3. The molecule has 0 aliphatic carbocycles. The van der Waals surface area contributed by atoms with Gasteiger partial charge in [-0.1, -0.05) is 11.6 Å². The number of rotatable bonds is 4. The highest BCUT2D eigenvalue weighted by Gasteiger charge is 2.14. The molecule has 1 fully saturated rings. The summed E-state index contributed by atoms with van der Waals surface area (Å²) in [6.07, 6.45) is 0. The molecule has 1 aromatic carbocycles. The van der Waals surface area contributed by atoms with Gasteiger partial charge in [0, 0.05) is 24.0 Å². The van der Waals surface area contributed by atoms with Gasteiger partial charge in [-0.05, 0) is 19.1 Å². The summed E-state index contributed by atoms with van der Waals surface area (Å²) in [4.78, 5) is 7.17. The van der Waals surface area contributed by atoms with Gasteiger partial charge in [0.05, 0.1) is 32.6 Å². The lowest BCUT2D eigenvalue weighted by molar-refractivity contribution is 0.0342. The van der Waals surface area contributed by atoms with Crippen molar-refractivity contribution >= 4 is 11.3 Å². The standard InChI is InChI=1S/C16H20N2O2S/c1-12-3-4-15(19-2)13(9-12)14-11-21-16(17-14)10-18-5-7-20-8-6-18/h3-4,9,11H,5-8,10H2,1-2H3. The van der Waals surface area contributed by atoms with Crippen molar-refractivity contribution in [3.63, 3.8) is 0 Å². The van der Waals surface area contributed by atoms with Gasteiger partial charge in [0.1, 0.15) is 10.8 Å². The van der Waals surface area contributed by atoms with E-state index < -0.39 is 0 Å². The quantitative estimate of drug-likeness (QED) is 0.870. The van der Waals surface area contributed by atoms with Crippen LogP contribution in [0.2, 0.25) is 0 Å². The van der Waals surface area contributed by atoms with Gasteiger partial charge >= 0.3 is 0 Å². The van der Waals surface area contributed by atoms with Crippen LogP contribution in [0.4, 0.5) is 0 Å². The lowest BCUT2D eigenvalue weighted by Gasteiger charge is -2.25. The monoisotopic (exact) mass is 304 g/mol. The van der Waals surface area contributed by atoms with Crippen LogP contribution >= 0.6 is 11.3 Å². The molecule has 0 N–H and O–H groups in total. The Kier molecular flexibility index (Phi) is 4.53. The molecule has 1 aliphatic heterocycles. The molecule has 2 aromatic rings. The van der Waals surface area contributed by atoms with Crippen molar-refractivity contribution in [3.8, 4) is 17.0 Å². The Hall–Kier alpha value is -1.43. The van der Waals surface area contributed by atoms with Gasteiger partial charge in [-0.15, -0.1) is 11.3 Å². The van der Waals surface area contributed by atoms with E-state index in [2.05, 4.69) is 29.3 Å². The number of hydrogen-bond donors (Lipinski definition) is 0. The fraction of sp³-hybridized carbons (Fsp3) is 0.438. The molecule has 21 heavy (non-hydrogen) atoms. The smallest absolute Gasteiger partial charge is 0.128 e. The number of nitrogens with zero attached hydrogens (tertiary/aromatic N) is 2. The van der Waals surface area contributed by atoms with E-state index in [9.17, 15) is 0 Å². The van der Waals surface area contributed by atoms with Crippen LogP contribution in [0.15, 0.2) is 23.6 Å². The van der Waals surface area contributed by atoms with Crippen molar-refractivity contribution in [1.82, 2.24) is 9.88 Å². The van der Waals surface area contributed by atoms with Crippen LogP contribution < -0.4 is 4.74 Å². The second-order valence-corrected chi connectivity index (χ2v) is 6.16. The third-order valence-corrected chi connectivity index (χ3v) is 4.48. The molecule has 0 amide bonds. The normalized spacial score (nSPS) is 16.1. The Labute approximate surface area is 129 Å². The average Bonchev–Trinajstić information content (AvgIpc) is 2.96. The molecule has 3 rings (SSSR count). The molecule has 0 unspecified atom stereocenters. The topological polar surface area (TPSA) is 34.6 Å². The largest absolute Gasteiger partial charge is 0.496 e. The Morgan fingerprint density at radius 2 is 2.14 bits per heavy atom. The summed E-state index contributed by atoms with van der Waals surface area (Å²) >= 11 is 1.71. The molecule has 1 saturated heterocycles. The van der Waals surface area contributed by atoms with E-state index in [-0.39, 0.29) is 0 Å². The minimum atomic E-state index is 0.823. The van der Waals surface area contributed by atoms with Gasteiger partial charge in [-0.2, -0.15) is 0 Å². The average molecular weight is 304 g/mol. The van der Waals surface area contributed by atoms with Gasteiger partial charge < -0.3 is 9.47 Å². The molecule has 0 bridgehead atoms. The van der Waals surface area contributed by atoms with Gasteiger partial charge in [0.2, 0.25) is 0 Å². The van der Waals surface area contributed by atoms with Crippen LogP contribution in [0.1, 0.15) is 10.6 Å². The van der Waals surface area contributed by atoms with E-state index in [1.165, 1.54) is 5.56 Å². The lowest BCUT2D eigenvalue weighted by atomic mass is 10.1. The van der Waals surface area contributed by atoms with Crippen LogP contribution in [0, 0.1) is 6.92 Å². The minimum Gasteiger partial charge on any atom is -0.496 e. The maximum atomic E-state index is 5.45. The molecular weight excluding hydrogens is 284 g/mol. The number of morpholine rings is 1. The number of benzene rings is 1.